The molecule has 0 unspecified atom stereocenters. The third-order valence-corrected chi connectivity index (χ3v) is 6.13. The zero-order valence-electron chi connectivity index (χ0n) is 14.0. The summed E-state index contributed by atoms with van der Waals surface area (Å²) in [6.45, 7) is 0.728. The zero-order chi connectivity index (χ0) is 18.0. The van der Waals surface area contributed by atoms with Gasteiger partial charge in [0.1, 0.15) is 11.4 Å². The molecule has 3 fully saturated rings. The van der Waals surface area contributed by atoms with Gasteiger partial charge in [0.05, 0.1) is 16.6 Å². The third kappa shape index (κ3) is 2.47. The molecule has 0 radical (unpaired) electrons. The predicted octanol–water partition coefficient (Wildman–Crippen LogP) is 3.04. The quantitative estimate of drug-likeness (QED) is 0.895. The van der Waals surface area contributed by atoms with Gasteiger partial charge in [-0.15, -0.1) is 0 Å². The Morgan fingerprint density at radius 2 is 2.12 bits per heavy atom. The van der Waals surface area contributed by atoms with Crippen molar-refractivity contribution >= 4 is 28.4 Å². The van der Waals surface area contributed by atoms with Gasteiger partial charge >= 0.3 is 0 Å². The van der Waals surface area contributed by atoms with Crippen LogP contribution < -0.4 is 10.7 Å². The maximum Gasteiger partial charge on any atom is 0.257 e. The highest BCUT2D eigenvalue weighted by Gasteiger charge is 2.46. The van der Waals surface area contributed by atoms with Crippen LogP contribution in [0.5, 0.6) is 0 Å². The van der Waals surface area contributed by atoms with Crippen LogP contribution in [0.1, 0.15) is 42.1 Å². The molecule has 5 rings (SSSR count). The fourth-order valence-electron chi connectivity index (χ4n) is 4.17. The maximum absolute atomic E-state index is 13.9. The molecule has 2 heterocycles. The Morgan fingerprint density at radius 1 is 1.31 bits per heavy atom. The average Bonchev–Trinajstić information content (AvgIpc) is 3.37. The van der Waals surface area contributed by atoms with E-state index in [0.717, 1.165) is 38.4 Å². The minimum absolute atomic E-state index is 0.0229. The van der Waals surface area contributed by atoms with Gasteiger partial charge in [-0.05, 0) is 37.8 Å². The number of hydrogen-bond acceptors (Lipinski definition) is 3. The summed E-state index contributed by atoms with van der Waals surface area (Å²) in [7, 11) is 0. The highest BCUT2D eigenvalue weighted by Crippen LogP contribution is 2.39. The Bertz CT molecular complexity index is 985. The van der Waals surface area contributed by atoms with Crippen molar-refractivity contribution in [1.82, 2.24) is 9.88 Å². The molecule has 1 aromatic heterocycles. The average molecular weight is 377 g/mol. The van der Waals surface area contributed by atoms with Crippen LogP contribution in [-0.4, -0.2) is 29.2 Å². The van der Waals surface area contributed by atoms with Crippen molar-refractivity contribution in [2.45, 2.75) is 43.9 Å². The second kappa shape index (κ2) is 5.79. The molecule has 5 nitrogen and oxygen atoms in total. The molecule has 0 spiro atoms. The lowest BCUT2D eigenvalue weighted by molar-refractivity contribution is 0.00807. The normalized spacial score (nSPS) is 27.2. The summed E-state index contributed by atoms with van der Waals surface area (Å²) < 4.78 is 21.4. The van der Waals surface area contributed by atoms with Crippen molar-refractivity contribution < 1.29 is 13.9 Å². The topological polar surface area (TPSA) is 60.3 Å². The molecular weight excluding hydrogens is 359 g/mol. The fraction of sp³-hybridized carbons (Fsp3) is 0.474. The second-order valence-electron chi connectivity index (χ2n) is 7.47. The molecular formula is C19H18ClFN2O3. The Balaban J connectivity index is 1.55. The van der Waals surface area contributed by atoms with E-state index in [-0.39, 0.29) is 34.2 Å². The number of rotatable bonds is 3. The maximum atomic E-state index is 13.9. The number of hydrogen-bond donors (Lipinski definition) is 1. The molecule has 3 aliphatic rings. The number of halogens is 2. The summed E-state index contributed by atoms with van der Waals surface area (Å²) in [4.78, 5) is 25.6. The first-order valence-electron chi connectivity index (χ1n) is 8.99. The van der Waals surface area contributed by atoms with E-state index in [9.17, 15) is 14.0 Å². The Labute approximate surface area is 154 Å². The van der Waals surface area contributed by atoms with Crippen LogP contribution in [0.15, 0.2) is 23.1 Å². The van der Waals surface area contributed by atoms with E-state index in [1.165, 1.54) is 6.07 Å². The first-order valence-corrected chi connectivity index (χ1v) is 9.37. The van der Waals surface area contributed by atoms with Crippen molar-refractivity contribution in [3.05, 3.63) is 45.0 Å². The van der Waals surface area contributed by atoms with Gasteiger partial charge in [-0.1, -0.05) is 11.6 Å². The van der Waals surface area contributed by atoms with Crippen LogP contribution >= 0.6 is 11.6 Å². The van der Waals surface area contributed by atoms with Crippen LogP contribution in [0.25, 0.3) is 10.9 Å². The van der Waals surface area contributed by atoms with Crippen LogP contribution in [0, 0.1) is 11.7 Å². The third-order valence-electron chi connectivity index (χ3n) is 5.84. The van der Waals surface area contributed by atoms with Gasteiger partial charge in [-0.25, -0.2) is 4.39 Å². The number of benzene rings is 1. The standard InChI is InChI=1S/C19H18ClFN2O3/c20-13-6-16-11(5-14(13)21)18(24)12(8-23(16)9-1-2-9)19(25)22-15-7-17-10(15)3-4-26-17/h5-6,8-10,15,17H,1-4,7H2,(H,22,25)/t10-,15+,17+/m1/s1. The predicted molar refractivity (Wildman–Crippen MR) is 95.2 cm³/mol. The van der Waals surface area contributed by atoms with Crippen LogP contribution in [-0.2, 0) is 4.74 Å². The number of carbonyl (C=O) groups is 1. The van der Waals surface area contributed by atoms with Crippen LogP contribution in [0.3, 0.4) is 0 Å². The molecule has 1 amide bonds. The molecule has 1 aromatic carbocycles. The molecule has 26 heavy (non-hydrogen) atoms. The summed E-state index contributed by atoms with van der Waals surface area (Å²) in [5, 5.41) is 3.14. The van der Waals surface area contributed by atoms with Crippen molar-refractivity contribution in [3.8, 4) is 0 Å². The number of aromatic nitrogens is 1. The van der Waals surface area contributed by atoms with E-state index in [2.05, 4.69) is 5.32 Å². The minimum Gasteiger partial charge on any atom is -0.378 e. The van der Waals surface area contributed by atoms with Gasteiger partial charge in [0.15, 0.2) is 0 Å². The Morgan fingerprint density at radius 3 is 2.85 bits per heavy atom. The Kier molecular flexibility index (Phi) is 3.62. The van der Waals surface area contributed by atoms with Gasteiger partial charge in [-0.2, -0.15) is 0 Å². The van der Waals surface area contributed by atoms with Gasteiger partial charge < -0.3 is 14.6 Å². The van der Waals surface area contributed by atoms with Crippen molar-refractivity contribution in [2.75, 3.05) is 6.61 Å². The van der Waals surface area contributed by atoms with E-state index < -0.39 is 17.2 Å². The summed E-state index contributed by atoms with van der Waals surface area (Å²) in [5.41, 5.74) is 0.186. The molecule has 1 saturated heterocycles. The van der Waals surface area contributed by atoms with Crippen LogP contribution in [0.2, 0.25) is 5.02 Å². The first-order chi connectivity index (χ1) is 12.5. The molecule has 7 heteroatoms. The lowest BCUT2D eigenvalue weighted by Gasteiger charge is -2.39. The Hall–Kier alpha value is -1.92. The van der Waals surface area contributed by atoms with E-state index in [1.807, 2.05) is 4.57 Å². The second-order valence-corrected chi connectivity index (χ2v) is 7.88. The summed E-state index contributed by atoms with van der Waals surface area (Å²) >= 11 is 5.90. The number of fused-ring (bicyclic) bond motifs is 2. The molecule has 1 aliphatic heterocycles. The van der Waals surface area contributed by atoms with Crippen molar-refractivity contribution in [3.63, 3.8) is 0 Å². The van der Waals surface area contributed by atoms with Gasteiger partial charge in [0.2, 0.25) is 5.43 Å². The molecule has 136 valence electrons. The minimum atomic E-state index is -0.652. The van der Waals surface area contributed by atoms with E-state index in [0.29, 0.717) is 11.4 Å². The smallest absolute Gasteiger partial charge is 0.257 e. The monoisotopic (exact) mass is 376 g/mol. The van der Waals surface area contributed by atoms with Crippen LogP contribution in [0.4, 0.5) is 4.39 Å². The zero-order valence-corrected chi connectivity index (χ0v) is 14.8. The first kappa shape index (κ1) is 16.3. The van der Waals surface area contributed by atoms with Gasteiger partial charge in [0.25, 0.3) is 5.91 Å². The highest BCUT2D eigenvalue weighted by molar-refractivity contribution is 6.31. The molecule has 2 aromatic rings. The molecule has 3 atom stereocenters. The molecule has 2 saturated carbocycles. The van der Waals surface area contributed by atoms with E-state index >= 15 is 0 Å². The number of pyridine rings is 1. The highest BCUT2D eigenvalue weighted by atomic mass is 35.5. The number of amides is 1. The SMILES string of the molecule is O=C(N[C@H]1C[C@@H]2OCC[C@H]12)c1cn(C2CC2)c2cc(Cl)c(F)cc2c1=O. The fourth-order valence-corrected chi connectivity index (χ4v) is 4.33. The lowest BCUT2D eigenvalue weighted by Crippen LogP contribution is -2.54. The summed E-state index contributed by atoms with van der Waals surface area (Å²) in [5.74, 6) is -0.709. The number of nitrogens with one attached hydrogen (secondary N) is 1. The van der Waals surface area contributed by atoms with Crippen molar-refractivity contribution in [1.29, 1.82) is 0 Å². The number of nitrogens with zero attached hydrogens (tertiary/aromatic N) is 1. The lowest BCUT2D eigenvalue weighted by atomic mass is 9.76. The van der Waals surface area contributed by atoms with Gasteiger partial charge in [0, 0.05) is 36.2 Å². The largest absolute Gasteiger partial charge is 0.378 e. The van der Waals surface area contributed by atoms with Gasteiger partial charge in [-0.3, -0.25) is 9.59 Å². The van der Waals surface area contributed by atoms with Crippen molar-refractivity contribution in [2.24, 2.45) is 5.92 Å². The number of carbonyl (C=O) groups excluding carboxylic acids is 1. The molecule has 2 aliphatic carbocycles. The van der Waals surface area contributed by atoms with E-state index in [1.54, 1.807) is 6.20 Å². The molecule has 1 N–H and O–H groups in total. The number of ether oxygens (including phenoxy) is 1. The summed E-state index contributed by atoms with van der Waals surface area (Å²) in [6, 6.07) is 2.88. The molecule has 0 bridgehead atoms. The summed E-state index contributed by atoms with van der Waals surface area (Å²) in [6.07, 6.45) is 5.49. The van der Waals surface area contributed by atoms with E-state index in [4.69, 9.17) is 16.3 Å².